The maximum Gasteiger partial charge on any atom is 0.409 e. The van der Waals surface area contributed by atoms with Crippen molar-refractivity contribution in [2.24, 2.45) is 5.41 Å². The highest BCUT2D eigenvalue weighted by Crippen LogP contribution is 2.33. The Balaban J connectivity index is 1.91. The Bertz CT molecular complexity index is 1430. The summed E-state index contributed by atoms with van der Waals surface area (Å²) >= 11 is 0. The standard InChI is InChI=1S/C24H24F5N5O4/c1-23(2,3)22(24(27,28)29)32-21(38)13-8-34(20-14(26)6-11(25)7-30-20)19-12(18(13)37)4-5-17(31-19)33-9-15(35)16(36)10-33/h4-8,15-16,22,35-36H,9-10H2,1-3H3,(H,32,38)/t15-,16-,22-/m1/s1. The van der Waals surface area contributed by atoms with Crippen LogP contribution in [-0.2, 0) is 0 Å². The van der Waals surface area contributed by atoms with Crippen molar-refractivity contribution in [1.82, 2.24) is 19.9 Å². The van der Waals surface area contributed by atoms with Gasteiger partial charge in [0.2, 0.25) is 5.43 Å². The molecule has 0 spiro atoms. The average molecular weight is 541 g/mol. The van der Waals surface area contributed by atoms with Gasteiger partial charge in [-0.3, -0.25) is 14.2 Å². The number of amides is 1. The molecule has 0 aliphatic carbocycles. The Morgan fingerprint density at radius 2 is 1.76 bits per heavy atom. The number of alkyl halides is 3. The molecule has 4 rings (SSSR count). The van der Waals surface area contributed by atoms with E-state index in [1.54, 1.807) is 0 Å². The quantitative estimate of drug-likeness (QED) is 0.434. The highest BCUT2D eigenvalue weighted by Gasteiger charge is 2.48. The van der Waals surface area contributed by atoms with Crippen molar-refractivity contribution in [2.75, 3.05) is 18.0 Å². The molecule has 38 heavy (non-hydrogen) atoms. The molecule has 3 atom stereocenters. The number of aliphatic hydroxyl groups is 2. The summed E-state index contributed by atoms with van der Waals surface area (Å²) in [6.45, 7) is 3.79. The molecule has 0 aromatic carbocycles. The van der Waals surface area contributed by atoms with Crippen molar-refractivity contribution < 1.29 is 37.0 Å². The third kappa shape index (κ3) is 5.18. The van der Waals surface area contributed by atoms with Crippen LogP contribution < -0.4 is 15.6 Å². The third-order valence-corrected chi connectivity index (χ3v) is 6.15. The number of carbonyl (C=O) groups is 1. The fraction of sp³-hybridized carbons (Fsp3) is 0.417. The Hall–Kier alpha value is -3.65. The number of nitrogens with zero attached hydrogens (tertiary/aromatic N) is 4. The van der Waals surface area contributed by atoms with E-state index < -0.39 is 64.2 Å². The predicted molar refractivity (Wildman–Crippen MR) is 126 cm³/mol. The second-order valence-electron chi connectivity index (χ2n) is 10.1. The largest absolute Gasteiger partial charge is 0.409 e. The van der Waals surface area contributed by atoms with Crippen molar-refractivity contribution in [3.05, 3.63) is 58.0 Å². The highest BCUT2D eigenvalue weighted by molar-refractivity contribution is 5.97. The number of hydrogen-bond acceptors (Lipinski definition) is 7. The Morgan fingerprint density at radius 1 is 1.13 bits per heavy atom. The number of aromatic nitrogens is 3. The molecule has 9 nitrogen and oxygen atoms in total. The molecule has 0 bridgehead atoms. The lowest BCUT2D eigenvalue weighted by molar-refractivity contribution is -0.174. The Kier molecular flexibility index (Phi) is 6.91. The molecular formula is C24H24F5N5O4. The zero-order valence-electron chi connectivity index (χ0n) is 20.4. The number of hydrogen-bond donors (Lipinski definition) is 3. The summed E-state index contributed by atoms with van der Waals surface area (Å²) in [6.07, 6.45) is -5.50. The van der Waals surface area contributed by atoms with Crippen LogP contribution in [0.4, 0.5) is 27.8 Å². The van der Waals surface area contributed by atoms with Crippen LogP contribution in [0.5, 0.6) is 0 Å². The van der Waals surface area contributed by atoms with E-state index in [0.29, 0.717) is 12.3 Å². The van der Waals surface area contributed by atoms with E-state index in [2.05, 4.69) is 9.97 Å². The molecule has 3 aromatic heterocycles. The molecule has 1 saturated heterocycles. The van der Waals surface area contributed by atoms with Gasteiger partial charge in [0.25, 0.3) is 5.91 Å². The summed E-state index contributed by atoms with van der Waals surface area (Å²) in [5.41, 5.74) is -3.42. The van der Waals surface area contributed by atoms with Gasteiger partial charge in [-0.1, -0.05) is 20.8 Å². The van der Waals surface area contributed by atoms with Crippen LogP contribution in [0.1, 0.15) is 31.1 Å². The van der Waals surface area contributed by atoms with Crippen LogP contribution in [0.2, 0.25) is 0 Å². The second kappa shape index (κ2) is 9.58. The van der Waals surface area contributed by atoms with Crippen LogP contribution in [0, 0.1) is 17.0 Å². The first kappa shape index (κ1) is 27.4. The van der Waals surface area contributed by atoms with Crippen molar-refractivity contribution in [3.8, 4) is 5.82 Å². The van der Waals surface area contributed by atoms with Crippen molar-refractivity contribution in [1.29, 1.82) is 0 Å². The molecule has 3 N–H and O–H groups in total. The maximum absolute atomic E-state index is 14.8. The lowest BCUT2D eigenvalue weighted by Gasteiger charge is -2.33. The van der Waals surface area contributed by atoms with E-state index >= 15 is 0 Å². The van der Waals surface area contributed by atoms with E-state index in [1.807, 2.05) is 5.32 Å². The molecule has 4 heterocycles. The fourth-order valence-electron chi connectivity index (χ4n) is 4.23. The molecule has 0 saturated carbocycles. The van der Waals surface area contributed by atoms with Gasteiger partial charge in [0, 0.05) is 25.4 Å². The molecule has 1 amide bonds. The summed E-state index contributed by atoms with van der Waals surface area (Å²) in [5.74, 6) is -3.96. The first-order valence-electron chi connectivity index (χ1n) is 11.4. The van der Waals surface area contributed by atoms with Gasteiger partial charge in [0.15, 0.2) is 17.3 Å². The smallest absolute Gasteiger partial charge is 0.389 e. The monoisotopic (exact) mass is 541 g/mol. The fourth-order valence-corrected chi connectivity index (χ4v) is 4.23. The number of β-amino-alcohol motifs (C(OH)–C–C–N with tert-alkyl or cyclic N) is 2. The zero-order chi connectivity index (χ0) is 28.2. The molecule has 0 radical (unpaired) electrons. The van der Waals surface area contributed by atoms with Crippen molar-refractivity contribution in [3.63, 3.8) is 0 Å². The Morgan fingerprint density at radius 3 is 2.32 bits per heavy atom. The molecule has 1 fully saturated rings. The molecule has 3 aromatic rings. The van der Waals surface area contributed by atoms with Gasteiger partial charge in [0.05, 0.1) is 23.8 Å². The lowest BCUT2D eigenvalue weighted by Crippen LogP contribution is -2.53. The van der Waals surface area contributed by atoms with E-state index in [1.165, 1.54) is 37.8 Å². The van der Waals surface area contributed by atoms with Crippen LogP contribution in [-0.4, -0.2) is 68.2 Å². The minimum absolute atomic E-state index is 0.000805. The molecule has 0 unspecified atom stereocenters. The molecule has 1 aliphatic heterocycles. The second-order valence-corrected chi connectivity index (χ2v) is 10.1. The lowest BCUT2D eigenvalue weighted by atomic mass is 9.86. The average Bonchev–Trinajstić information content (AvgIpc) is 3.14. The van der Waals surface area contributed by atoms with Gasteiger partial charge >= 0.3 is 6.18 Å². The normalized spacial score (nSPS) is 19.2. The van der Waals surface area contributed by atoms with Gasteiger partial charge in [-0.05, 0) is 17.5 Å². The van der Waals surface area contributed by atoms with Gasteiger partial charge in [-0.15, -0.1) is 0 Å². The number of aliphatic hydroxyl groups excluding tert-OH is 2. The number of fused-ring (bicyclic) bond motifs is 1. The van der Waals surface area contributed by atoms with Crippen molar-refractivity contribution >= 4 is 22.8 Å². The third-order valence-electron chi connectivity index (χ3n) is 6.15. The summed E-state index contributed by atoms with van der Waals surface area (Å²) in [5, 5.41) is 21.3. The topological polar surface area (TPSA) is 121 Å². The molecule has 14 heteroatoms. The minimum atomic E-state index is -4.84. The number of halogens is 5. The zero-order valence-corrected chi connectivity index (χ0v) is 20.4. The van der Waals surface area contributed by atoms with E-state index in [0.717, 1.165) is 10.8 Å². The van der Waals surface area contributed by atoms with E-state index in [4.69, 9.17) is 0 Å². The SMILES string of the molecule is CC(C)(C)[C@@H](NC(=O)c1cn(-c2ncc(F)cc2F)c2nc(N3C[C@@H](O)[C@H](O)C3)ccc2c1=O)C(F)(F)F. The molecule has 204 valence electrons. The summed E-state index contributed by atoms with van der Waals surface area (Å²) < 4.78 is 70.2. The highest BCUT2D eigenvalue weighted by atomic mass is 19.4. The summed E-state index contributed by atoms with van der Waals surface area (Å²) in [4.78, 5) is 35.7. The van der Waals surface area contributed by atoms with Crippen LogP contribution in [0.25, 0.3) is 16.9 Å². The van der Waals surface area contributed by atoms with Gasteiger partial charge < -0.3 is 20.4 Å². The van der Waals surface area contributed by atoms with E-state index in [9.17, 15) is 41.8 Å². The van der Waals surface area contributed by atoms with Crippen LogP contribution >= 0.6 is 0 Å². The van der Waals surface area contributed by atoms with Gasteiger partial charge in [-0.2, -0.15) is 13.2 Å². The van der Waals surface area contributed by atoms with Gasteiger partial charge in [0.1, 0.15) is 23.2 Å². The summed E-state index contributed by atoms with van der Waals surface area (Å²) in [7, 11) is 0. The Labute approximate surface area is 212 Å². The minimum Gasteiger partial charge on any atom is -0.389 e. The van der Waals surface area contributed by atoms with Crippen LogP contribution in [0.15, 0.2) is 35.4 Å². The number of rotatable bonds is 4. The number of pyridine rings is 3. The predicted octanol–water partition coefficient (Wildman–Crippen LogP) is 2.31. The van der Waals surface area contributed by atoms with Crippen molar-refractivity contribution in [2.45, 2.75) is 45.2 Å². The summed E-state index contributed by atoms with van der Waals surface area (Å²) in [6, 6.07) is 0.766. The molecule has 1 aliphatic rings. The number of anilines is 1. The van der Waals surface area contributed by atoms with Crippen LogP contribution in [0.3, 0.4) is 0 Å². The first-order valence-corrected chi connectivity index (χ1v) is 11.4. The number of nitrogens with one attached hydrogen (secondary N) is 1. The molecular weight excluding hydrogens is 517 g/mol. The van der Waals surface area contributed by atoms with Gasteiger partial charge in [-0.25, -0.2) is 18.7 Å². The maximum atomic E-state index is 14.8. The number of carbonyl (C=O) groups excluding carboxylic acids is 1. The van der Waals surface area contributed by atoms with E-state index in [-0.39, 0.29) is 29.9 Å². The first-order chi connectivity index (χ1) is 17.6.